The summed E-state index contributed by atoms with van der Waals surface area (Å²) in [6.07, 6.45) is 2.28. The molecule has 0 radical (unpaired) electrons. The van der Waals surface area contributed by atoms with Gasteiger partial charge in [0.15, 0.2) is 0 Å². The molecule has 6 heteroatoms. The van der Waals surface area contributed by atoms with Gasteiger partial charge in [-0.05, 0) is 26.3 Å². The standard InChI is InChI=1S/C19H25N5O/c1-4-22(14-16-9-7-6-8-10-16)18(25)11-12-24-19-15(3)21-23(5-2)17(19)13-20-24/h6-10,13H,4-5,11-12,14H2,1-3H3. The van der Waals surface area contributed by atoms with Gasteiger partial charge in [-0.15, -0.1) is 0 Å². The molecule has 0 bridgehead atoms. The van der Waals surface area contributed by atoms with Gasteiger partial charge in [0.05, 0.1) is 18.4 Å². The molecule has 3 rings (SSSR count). The molecule has 6 nitrogen and oxygen atoms in total. The summed E-state index contributed by atoms with van der Waals surface area (Å²) < 4.78 is 3.85. The van der Waals surface area contributed by atoms with E-state index in [1.165, 1.54) is 0 Å². The Hall–Kier alpha value is -2.63. The number of aryl methyl sites for hydroxylation is 3. The summed E-state index contributed by atoms with van der Waals surface area (Å²) in [6.45, 7) is 8.81. The highest BCUT2D eigenvalue weighted by Gasteiger charge is 2.16. The Balaban J connectivity index is 1.68. The molecule has 0 saturated carbocycles. The van der Waals surface area contributed by atoms with Gasteiger partial charge >= 0.3 is 0 Å². The van der Waals surface area contributed by atoms with E-state index in [9.17, 15) is 4.79 Å². The van der Waals surface area contributed by atoms with Crippen molar-refractivity contribution in [3.8, 4) is 0 Å². The molecule has 0 spiro atoms. The fourth-order valence-electron chi connectivity index (χ4n) is 3.17. The SMILES string of the molecule is CCN(Cc1ccccc1)C(=O)CCn1ncc2c1c(C)nn2CC. The number of hydrogen-bond donors (Lipinski definition) is 0. The van der Waals surface area contributed by atoms with Gasteiger partial charge in [-0.1, -0.05) is 30.3 Å². The third-order valence-electron chi connectivity index (χ3n) is 4.50. The molecule has 2 heterocycles. The summed E-state index contributed by atoms with van der Waals surface area (Å²) in [5.41, 5.74) is 4.17. The molecule has 1 aromatic carbocycles. The van der Waals surface area contributed by atoms with E-state index in [-0.39, 0.29) is 5.91 Å². The number of carbonyl (C=O) groups excluding carboxylic acids is 1. The average Bonchev–Trinajstić information content (AvgIpc) is 3.19. The van der Waals surface area contributed by atoms with Crippen LogP contribution in [0.1, 0.15) is 31.5 Å². The van der Waals surface area contributed by atoms with Gasteiger partial charge in [-0.25, -0.2) is 0 Å². The zero-order valence-electron chi connectivity index (χ0n) is 15.1. The van der Waals surface area contributed by atoms with Crippen LogP contribution in [0.3, 0.4) is 0 Å². The van der Waals surface area contributed by atoms with Crippen molar-refractivity contribution >= 4 is 16.9 Å². The van der Waals surface area contributed by atoms with Crippen LogP contribution in [0.4, 0.5) is 0 Å². The predicted octanol–water partition coefficient (Wildman–Crippen LogP) is 3.00. The number of benzene rings is 1. The summed E-state index contributed by atoms with van der Waals surface area (Å²) in [4.78, 5) is 14.5. The van der Waals surface area contributed by atoms with Crippen molar-refractivity contribution in [2.24, 2.45) is 0 Å². The zero-order valence-corrected chi connectivity index (χ0v) is 15.1. The van der Waals surface area contributed by atoms with Crippen LogP contribution in [0, 0.1) is 6.92 Å². The summed E-state index contributed by atoms with van der Waals surface area (Å²) in [5.74, 6) is 0.149. The van der Waals surface area contributed by atoms with Gasteiger partial charge in [0, 0.05) is 26.1 Å². The Kier molecular flexibility index (Phi) is 5.16. The second kappa shape index (κ2) is 7.51. The van der Waals surface area contributed by atoms with Crippen molar-refractivity contribution in [2.75, 3.05) is 6.54 Å². The summed E-state index contributed by atoms with van der Waals surface area (Å²) >= 11 is 0. The maximum atomic E-state index is 12.6. The first kappa shape index (κ1) is 17.2. The van der Waals surface area contributed by atoms with Crippen molar-refractivity contribution in [1.29, 1.82) is 0 Å². The first-order chi connectivity index (χ1) is 12.1. The van der Waals surface area contributed by atoms with Gasteiger partial charge in [-0.2, -0.15) is 10.2 Å². The predicted molar refractivity (Wildman–Crippen MR) is 98.1 cm³/mol. The van der Waals surface area contributed by atoms with E-state index in [0.29, 0.717) is 26.1 Å². The van der Waals surface area contributed by atoms with Crippen molar-refractivity contribution < 1.29 is 4.79 Å². The lowest BCUT2D eigenvalue weighted by Crippen LogP contribution is -2.31. The topological polar surface area (TPSA) is 56.0 Å². The number of carbonyl (C=O) groups is 1. The molecular weight excluding hydrogens is 314 g/mol. The highest BCUT2D eigenvalue weighted by Crippen LogP contribution is 2.18. The lowest BCUT2D eigenvalue weighted by Gasteiger charge is -2.21. The average molecular weight is 339 g/mol. The molecule has 2 aromatic heterocycles. The summed E-state index contributed by atoms with van der Waals surface area (Å²) in [6, 6.07) is 10.1. The van der Waals surface area contributed by atoms with Crippen LogP contribution in [0.25, 0.3) is 11.0 Å². The monoisotopic (exact) mass is 339 g/mol. The minimum Gasteiger partial charge on any atom is -0.339 e. The largest absolute Gasteiger partial charge is 0.339 e. The quantitative estimate of drug-likeness (QED) is 0.665. The molecule has 0 unspecified atom stereocenters. The molecule has 0 saturated heterocycles. The second-order valence-electron chi connectivity index (χ2n) is 6.15. The Morgan fingerprint density at radius 3 is 2.60 bits per heavy atom. The van der Waals surface area contributed by atoms with Crippen molar-refractivity contribution in [3.63, 3.8) is 0 Å². The molecule has 25 heavy (non-hydrogen) atoms. The lowest BCUT2D eigenvalue weighted by atomic mass is 10.2. The van der Waals surface area contributed by atoms with E-state index in [2.05, 4.69) is 29.3 Å². The van der Waals surface area contributed by atoms with E-state index in [4.69, 9.17) is 0 Å². The number of fused-ring (bicyclic) bond motifs is 1. The van der Waals surface area contributed by atoms with Crippen LogP contribution < -0.4 is 0 Å². The number of aromatic nitrogens is 4. The zero-order chi connectivity index (χ0) is 17.8. The van der Waals surface area contributed by atoms with E-state index >= 15 is 0 Å². The molecule has 1 amide bonds. The molecule has 0 fully saturated rings. The number of hydrogen-bond acceptors (Lipinski definition) is 3. The first-order valence-corrected chi connectivity index (χ1v) is 8.84. The Bertz CT molecular complexity index is 849. The maximum absolute atomic E-state index is 12.6. The van der Waals surface area contributed by atoms with E-state index in [0.717, 1.165) is 28.8 Å². The minimum absolute atomic E-state index is 0.149. The van der Waals surface area contributed by atoms with Crippen LogP contribution >= 0.6 is 0 Å². The number of nitrogens with zero attached hydrogens (tertiary/aromatic N) is 5. The number of amides is 1. The van der Waals surface area contributed by atoms with Gasteiger partial charge in [0.1, 0.15) is 11.0 Å². The molecule has 0 N–H and O–H groups in total. The fraction of sp³-hybridized carbons (Fsp3) is 0.421. The smallest absolute Gasteiger partial charge is 0.224 e. The van der Waals surface area contributed by atoms with Gasteiger partial charge in [-0.3, -0.25) is 14.2 Å². The Morgan fingerprint density at radius 1 is 1.16 bits per heavy atom. The first-order valence-electron chi connectivity index (χ1n) is 8.84. The van der Waals surface area contributed by atoms with Crippen molar-refractivity contribution in [1.82, 2.24) is 24.5 Å². The highest BCUT2D eigenvalue weighted by atomic mass is 16.2. The molecule has 0 aliphatic carbocycles. The maximum Gasteiger partial charge on any atom is 0.224 e. The number of rotatable bonds is 7. The van der Waals surface area contributed by atoms with Gasteiger partial charge in [0.2, 0.25) is 5.91 Å². The second-order valence-corrected chi connectivity index (χ2v) is 6.15. The molecular formula is C19H25N5O. The van der Waals surface area contributed by atoms with Gasteiger partial charge < -0.3 is 4.90 Å². The van der Waals surface area contributed by atoms with Crippen LogP contribution in [-0.4, -0.2) is 36.9 Å². The normalized spacial score (nSPS) is 11.2. The molecule has 0 aliphatic heterocycles. The van der Waals surface area contributed by atoms with E-state index in [1.54, 1.807) is 0 Å². The van der Waals surface area contributed by atoms with Gasteiger partial charge in [0.25, 0.3) is 0 Å². The van der Waals surface area contributed by atoms with Crippen LogP contribution in [0.2, 0.25) is 0 Å². The Morgan fingerprint density at radius 2 is 1.92 bits per heavy atom. The van der Waals surface area contributed by atoms with Crippen LogP contribution in [0.15, 0.2) is 36.5 Å². The van der Waals surface area contributed by atoms with E-state index < -0.39 is 0 Å². The fourth-order valence-corrected chi connectivity index (χ4v) is 3.17. The molecule has 0 aliphatic rings. The third-order valence-corrected chi connectivity index (χ3v) is 4.50. The highest BCUT2D eigenvalue weighted by molar-refractivity contribution is 5.79. The van der Waals surface area contributed by atoms with Crippen LogP contribution in [-0.2, 0) is 24.4 Å². The molecule has 3 aromatic rings. The van der Waals surface area contributed by atoms with Crippen molar-refractivity contribution in [2.45, 2.75) is 46.8 Å². The van der Waals surface area contributed by atoms with Crippen LogP contribution in [0.5, 0.6) is 0 Å². The third kappa shape index (κ3) is 3.57. The molecule has 132 valence electrons. The van der Waals surface area contributed by atoms with E-state index in [1.807, 2.05) is 52.5 Å². The summed E-state index contributed by atoms with van der Waals surface area (Å²) in [7, 11) is 0. The summed E-state index contributed by atoms with van der Waals surface area (Å²) in [5, 5.41) is 8.97. The van der Waals surface area contributed by atoms with Crippen molar-refractivity contribution in [3.05, 3.63) is 47.8 Å². The lowest BCUT2D eigenvalue weighted by molar-refractivity contribution is -0.131. The Labute approximate surface area is 148 Å². The minimum atomic E-state index is 0.149. The molecule has 0 atom stereocenters.